The lowest BCUT2D eigenvalue weighted by Crippen LogP contribution is -2.10. The van der Waals surface area contributed by atoms with Crippen molar-refractivity contribution in [3.63, 3.8) is 0 Å². The van der Waals surface area contributed by atoms with Crippen molar-refractivity contribution in [2.75, 3.05) is 6.61 Å². The van der Waals surface area contributed by atoms with Crippen LogP contribution in [0.3, 0.4) is 0 Å². The molecule has 0 spiro atoms. The number of ether oxygens (including phenoxy) is 2. The van der Waals surface area contributed by atoms with Crippen molar-refractivity contribution in [3.05, 3.63) is 59.5 Å². The number of rotatable bonds is 5. The minimum absolute atomic E-state index is 0.0101. The van der Waals surface area contributed by atoms with E-state index < -0.39 is 11.8 Å². The number of carbonyl (C=O) groups excluding carboxylic acids is 1. The summed E-state index contributed by atoms with van der Waals surface area (Å²) in [5.41, 5.74) is 1.24. The number of aryl methyl sites for hydroxylation is 1. The van der Waals surface area contributed by atoms with Gasteiger partial charge in [0.1, 0.15) is 5.56 Å². The molecule has 5 heteroatoms. The third kappa shape index (κ3) is 3.14. The largest absolute Gasteiger partial charge is 0.462 e. The summed E-state index contributed by atoms with van der Waals surface area (Å²) in [5, 5.41) is 0. The van der Waals surface area contributed by atoms with E-state index >= 15 is 0 Å². The van der Waals surface area contributed by atoms with Crippen LogP contribution >= 0.6 is 0 Å². The van der Waals surface area contributed by atoms with Crippen molar-refractivity contribution in [2.45, 2.75) is 13.8 Å². The average molecular weight is 301 g/mol. The monoisotopic (exact) mass is 301 g/mol. The van der Waals surface area contributed by atoms with E-state index in [9.17, 15) is 9.18 Å². The molecule has 0 aliphatic heterocycles. The molecule has 1 heterocycles. The van der Waals surface area contributed by atoms with E-state index in [1.807, 2.05) is 0 Å². The zero-order valence-electron chi connectivity index (χ0n) is 12.4. The first-order chi connectivity index (χ1) is 10.6. The summed E-state index contributed by atoms with van der Waals surface area (Å²) in [4.78, 5) is 16.2. The summed E-state index contributed by atoms with van der Waals surface area (Å²) in [6.45, 7) is 7.27. The molecule has 4 nitrogen and oxygen atoms in total. The molecule has 1 aromatic carbocycles. The quantitative estimate of drug-likeness (QED) is 0.779. The Morgan fingerprint density at radius 2 is 2.18 bits per heavy atom. The number of nitrogens with zero attached hydrogens (tertiary/aromatic N) is 1. The summed E-state index contributed by atoms with van der Waals surface area (Å²) in [7, 11) is 0. The van der Waals surface area contributed by atoms with Gasteiger partial charge in [0.2, 0.25) is 5.88 Å². The molecule has 0 saturated heterocycles. The van der Waals surface area contributed by atoms with E-state index in [1.54, 1.807) is 32.0 Å². The molecule has 0 N–H and O–H groups in total. The van der Waals surface area contributed by atoms with Crippen LogP contribution < -0.4 is 4.74 Å². The first-order valence-electron chi connectivity index (χ1n) is 6.80. The Morgan fingerprint density at radius 3 is 2.82 bits per heavy atom. The zero-order valence-corrected chi connectivity index (χ0v) is 12.4. The van der Waals surface area contributed by atoms with Gasteiger partial charge in [0.05, 0.1) is 6.61 Å². The van der Waals surface area contributed by atoms with E-state index in [1.165, 1.54) is 18.3 Å². The summed E-state index contributed by atoms with van der Waals surface area (Å²) in [6.07, 6.45) is 2.96. The second-order valence-electron chi connectivity index (χ2n) is 4.49. The maximum atomic E-state index is 13.9. The summed E-state index contributed by atoms with van der Waals surface area (Å²) in [5.74, 6) is -1.10. The van der Waals surface area contributed by atoms with Crippen molar-refractivity contribution in [1.29, 1.82) is 0 Å². The van der Waals surface area contributed by atoms with Crippen molar-refractivity contribution >= 4 is 12.0 Å². The average Bonchev–Trinajstić information content (AvgIpc) is 2.51. The Labute approximate surface area is 128 Å². The molecule has 0 amide bonds. The highest BCUT2D eigenvalue weighted by molar-refractivity contribution is 5.96. The molecule has 0 fully saturated rings. The highest BCUT2D eigenvalue weighted by Gasteiger charge is 2.21. The number of hydrogen-bond donors (Lipinski definition) is 0. The van der Waals surface area contributed by atoms with Gasteiger partial charge in [0.25, 0.3) is 0 Å². The number of para-hydroxylation sites is 1. The van der Waals surface area contributed by atoms with Crippen LogP contribution in [-0.4, -0.2) is 17.6 Å². The molecular formula is C17H16FNO3. The van der Waals surface area contributed by atoms with E-state index in [-0.39, 0.29) is 23.8 Å². The standard InChI is InChI=1S/C17H16FNO3/c1-4-12-9-10-19-16(14(12)17(20)21-5-2)22-15-11(3)7-6-8-13(15)18/h4,6-10H,1,5H2,2-3H3. The smallest absolute Gasteiger partial charge is 0.344 e. The summed E-state index contributed by atoms with van der Waals surface area (Å²) >= 11 is 0. The number of esters is 1. The maximum Gasteiger partial charge on any atom is 0.344 e. The predicted molar refractivity (Wildman–Crippen MR) is 81.5 cm³/mol. The molecular weight excluding hydrogens is 285 g/mol. The molecule has 0 saturated carbocycles. The molecule has 1 aromatic heterocycles. The molecule has 0 unspecified atom stereocenters. The molecule has 114 valence electrons. The third-order valence-corrected chi connectivity index (χ3v) is 3.01. The predicted octanol–water partition coefficient (Wildman–Crippen LogP) is 4.14. The molecule has 0 radical (unpaired) electrons. The van der Waals surface area contributed by atoms with Gasteiger partial charge in [-0.2, -0.15) is 0 Å². The highest BCUT2D eigenvalue weighted by atomic mass is 19.1. The number of pyridine rings is 1. The normalized spacial score (nSPS) is 10.1. The Bertz CT molecular complexity index is 693. The summed E-state index contributed by atoms with van der Waals surface area (Å²) < 4.78 is 24.5. The molecule has 22 heavy (non-hydrogen) atoms. The van der Waals surface area contributed by atoms with Crippen LogP contribution in [0.4, 0.5) is 4.39 Å². The first kappa shape index (κ1) is 15.7. The van der Waals surface area contributed by atoms with Gasteiger partial charge in [0.15, 0.2) is 11.6 Å². The van der Waals surface area contributed by atoms with Gasteiger partial charge < -0.3 is 9.47 Å². The van der Waals surface area contributed by atoms with Crippen LogP contribution in [0.15, 0.2) is 37.0 Å². The van der Waals surface area contributed by atoms with Crippen LogP contribution in [0.1, 0.15) is 28.4 Å². The van der Waals surface area contributed by atoms with Crippen molar-refractivity contribution < 1.29 is 18.7 Å². The molecule has 0 aliphatic rings. The topological polar surface area (TPSA) is 48.4 Å². The Kier molecular flexibility index (Phi) is 4.88. The molecule has 0 bridgehead atoms. The van der Waals surface area contributed by atoms with E-state index in [0.29, 0.717) is 11.1 Å². The Morgan fingerprint density at radius 1 is 1.41 bits per heavy atom. The van der Waals surface area contributed by atoms with Gasteiger partial charge in [0, 0.05) is 6.20 Å². The SMILES string of the molecule is C=Cc1ccnc(Oc2c(C)cccc2F)c1C(=O)OCC. The molecule has 2 rings (SSSR count). The molecule has 2 aromatic rings. The van der Waals surface area contributed by atoms with Crippen molar-refractivity contribution in [3.8, 4) is 11.6 Å². The number of aromatic nitrogens is 1. The van der Waals surface area contributed by atoms with E-state index in [4.69, 9.17) is 9.47 Å². The number of halogens is 1. The first-order valence-corrected chi connectivity index (χ1v) is 6.80. The lowest BCUT2D eigenvalue weighted by Gasteiger charge is -2.13. The fourth-order valence-corrected chi connectivity index (χ4v) is 1.96. The van der Waals surface area contributed by atoms with Crippen LogP contribution in [0.5, 0.6) is 11.6 Å². The van der Waals surface area contributed by atoms with Gasteiger partial charge >= 0.3 is 5.97 Å². The second-order valence-corrected chi connectivity index (χ2v) is 4.49. The van der Waals surface area contributed by atoms with Gasteiger partial charge in [-0.1, -0.05) is 24.8 Å². The fourth-order valence-electron chi connectivity index (χ4n) is 1.96. The number of hydrogen-bond acceptors (Lipinski definition) is 4. The van der Waals surface area contributed by atoms with E-state index in [2.05, 4.69) is 11.6 Å². The van der Waals surface area contributed by atoms with Crippen LogP contribution in [0.2, 0.25) is 0 Å². The summed E-state index contributed by atoms with van der Waals surface area (Å²) in [6, 6.07) is 6.18. The van der Waals surface area contributed by atoms with Crippen molar-refractivity contribution in [1.82, 2.24) is 4.98 Å². The minimum Gasteiger partial charge on any atom is -0.462 e. The Hall–Kier alpha value is -2.69. The Balaban J connectivity index is 2.51. The molecule has 0 aliphatic carbocycles. The van der Waals surface area contributed by atoms with Gasteiger partial charge in [-0.15, -0.1) is 0 Å². The van der Waals surface area contributed by atoms with Crippen molar-refractivity contribution in [2.24, 2.45) is 0 Å². The van der Waals surface area contributed by atoms with Gasteiger partial charge in [-0.3, -0.25) is 0 Å². The van der Waals surface area contributed by atoms with Crippen LogP contribution in [-0.2, 0) is 4.74 Å². The number of benzene rings is 1. The van der Waals surface area contributed by atoms with Crippen LogP contribution in [0, 0.1) is 12.7 Å². The molecule has 0 atom stereocenters. The van der Waals surface area contributed by atoms with Crippen LogP contribution in [0.25, 0.3) is 6.08 Å². The van der Waals surface area contributed by atoms with Gasteiger partial charge in [-0.25, -0.2) is 14.2 Å². The minimum atomic E-state index is -0.588. The maximum absolute atomic E-state index is 13.9. The lowest BCUT2D eigenvalue weighted by molar-refractivity contribution is 0.0522. The lowest BCUT2D eigenvalue weighted by atomic mass is 10.1. The second kappa shape index (κ2) is 6.85. The fraction of sp³-hybridized carbons (Fsp3) is 0.176. The van der Waals surface area contributed by atoms with E-state index in [0.717, 1.165) is 0 Å². The third-order valence-electron chi connectivity index (χ3n) is 3.01. The number of carbonyl (C=O) groups is 1. The zero-order chi connectivity index (χ0) is 16.1. The van der Waals surface area contributed by atoms with Gasteiger partial charge in [-0.05, 0) is 37.1 Å². The highest BCUT2D eigenvalue weighted by Crippen LogP contribution is 2.30.